The lowest BCUT2D eigenvalue weighted by molar-refractivity contribution is -0.113. The van der Waals surface area contributed by atoms with Crippen LogP contribution < -0.4 is 24.4 Å². The highest BCUT2D eigenvalue weighted by atomic mass is 32.1. The second-order valence-electron chi connectivity index (χ2n) is 7.21. The molecule has 0 atom stereocenters. The molecule has 1 aliphatic heterocycles. The first kappa shape index (κ1) is 22.4. The van der Waals surface area contributed by atoms with Crippen molar-refractivity contribution >= 4 is 35.0 Å². The molecule has 1 fully saturated rings. The van der Waals surface area contributed by atoms with E-state index in [0.717, 1.165) is 11.1 Å². The molecule has 3 aromatic carbocycles. The van der Waals surface area contributed by atoms with E-state index >= 15 is 0 Å². The number of nitrogens with one attached hydrogen (secondary N) is 1. The van der Waals surface area contributed by atoms with Crippen LogP contribution >= 0.6 is 12.2 Å². The van der Waals surface area contributed by atoms with Crippen molar-refractivity contribution in [1.29, 1.82) is 0 Å². The first-order valence-corrected chi connectivity index (χ1v) is 10.9. The molecule has 0 saturated carbocycles. The lowest BCUT2D eigenvalue weighted by Crippen LogP contribution is -2.30. The lowest BCUT2D eigenvalue weighted by atomic mass is 10.1. The zero-order valence-corrected chi connectivity index (χ0v) is 19.2. The number of ether oxygens (including phenoxy) is 3. The van der Waals surface area contributed by atoms with Crippen molar-refractivity contribution in [3.05, 3.63) is 89.6 Å². The van der Waals surface area contributed by atoms with Crippen LogP contribution in [0.1, 0.15) is 18.1 Å². The summed E-state index contributed by atoms with van der Waals surface area (Å²) in [6.07, 6.45) is 1.74. The van der Waals surface area contributed by atoms with Crippen LogP contribution in [0.15, 0.2) is 78.5 Å². The quantitative estimate of drug-likeness (QED) is 0.380. The van der Waals surface area contributed by atoms with E-state index in [9.17, 15) is 4.79 Å². The summed E-state index contributed by atoms with van der Waals surface area (Å²) in [5.41, 5.74) is 2.81. The number of para-hydroxylation sites is 2. The summed E-state index contributed by atoms with van der Waals surface area (Å²) in [6.45, 7) is 2.81. The minimum atomic E-state index is -0.254. The van der Waals surface area contributed by atoms with Crippen molar-refractivity contribution in [3.63, 3.8) is 0 Å². The van der Waals surface area contributed by atoms with Crippen molar-refractivity contribution < 1.29 is 19.0 Å². The van der Waals surface area contributed by atoms with E-state index in [1.54, 1.807) is 13.2 Å². The number of carbonyl (C=O) groups excluding carboxylic acids is 1. The third-order valence-electron chi connectivity index (χ3n) is 5.02. The number of amides is 1. The molecule has 1 aliphatic rings. The molecule has 4 rings (SSSR count). The first-order chi connectivity index (χ1) is 16.1. The van der Waals surface area contributed by atoms with Crippen LogP contribution in [0, 0.1) is 0 Å². The van der Waals surface area contributed by atoms with Crippen LogP contribution in [-0.4, -0.2) is 24.7 Å². The summed E-state index contributed by atoms with van der Waals surface area (Å²) < 4.78 is 17.1. The zero-order valence-electron chi connectivity index (χ0n) is 18.4. The number of rotatable bonds is 8. The molecule has 168 valence electrons. The Balaban J connectivity index is 1.55. The fraction of sp³-hybridized carbons (Fsp3) is 0.154. The molecule has 0 radical (unpaired) electrons. The molecule has 1 saturated heterocycles. The minimum absolute atomic E-state index is 0.254. The Kier molecular flexibility index (Phi) is 6.90. The molecule has 6 nitrogen and oxygen atoms in total. The topological polar surface area (TPSA) is 60.0 Å². The fourth-order valence-corrected chi connectivity index (χ4v) is 3.76. The van der Waals surface area contributed by atoms with E-state index in [1.165, 1.54) is 4.90 Å². The van der Waals surface area contributed by atoms with Crippen molar-refractivity contribution in [2.24, 2.45) is 0 Å². The lowest BCUT2D eigenvalue weighted by Gasteiger charge is -2.17. The average Bonchev–Trinajstić information content (AvgIpc) is 3.11. The van der Waals surface area contributed by atoms with Crippen LogP contribution in [-0.2, 0) is 11.4 Å². The van der Waals surface area contributed by atoms with E-state index in [-0.39, 0.29) is 5.91 Å². The molecule has 0 unspecified atom stereocenters. The summed E-state index contributed by atoms with van der Waals surface area (Å²) in [6, 6.07) is 22.7. The number of carbonyl (C=O) groups is 1. The van der Waals surface area contributed by atoms with Gasteiger partial charge in [0.1, 0.15) is 18.1 Å². The highest BCUT2D eigenvalue weighted by molar-refractivity contribution is 7.80. The van der Waals surface area contributed by atoms with Gasteiger partial charge in [-0.2, -0.15) is 0 Å². The summed E-state index contributed by atoms with van der Waals surface area (Å²) >= 11 is 5.44. The highest BCUT2D eigenvalue weighted by Crippen LogP contribution is 2.33. The smallest absolute Gasteiger partial charge is 0.281 e. The summed E-state index contributed by atoms with van der Waals surface area (Å²) in [7, 11) is 1.59. The molecular weight excluding hydrogens is 436 g/mol. The van der Waals surface area contributed by atoms with Gasteiger partial charge < -0.3 is 19.5 Å². The van der Waals surface area contributed by atoms with Gasteiger partial charge in [-0.25, -0.2) is 4.90 Å². The van der Waals surface area contributed by atoms with Crippen LogP contribution in [0.5, 0.6) is 17.2 Å². The molecule has 33 heavy (non-hydrogen) atoms. The second-order valence-corrected chi connectivity index (χ2v) is 7.60. The Morgan fingerprint density at radius 1 is 0.939 bits per heavy atom. The highest BCUT2D eigenvalue weighted by Gasteiger charge is 2.33. The molecule has 1 N–H and O–H groups in total. The fourth-order valence-electron chi connectivity index (χ4n) is 3.47. The van der Waals surface area contributed by atoms with Gasteiger partial charge in [0.05, 0.1) is 19.4 Å². The predicted octanol–water partition coefficient (Wildman–Crippen LogP) is 4.94. The molecular formula is C26H24N2O4S. The molecule has 7 heteroatoms. The van der Waals surface area contributed by atoms with E-state index in [0.29, 0.717) is 47.0 Å². The van der Waals surface area contributed by atoms with Crippen LogP contribution in [0.3, 0.4) is 0 Å². The van der Waals surface area contributed by atoms with Gasteiger partial charge in [-0.05, 0) is 60.6 Å². The first-order valence-electron chi connectivity index (χ1n) is 10.5. The predicted molar refractivity (Wildman–Crippen MR) is 133 cm³/mol. The Hall–Kier alpha value is -3.84. The Bertz CT molecular complexity index is 1190. The summed E-state index contributed by atoms with van der Waals surface area (Å²) in [5, 5.41) is 3.31. The number of anilines is 1. The summed E-state index contributed by atoms with van der Waals surface area (Å²) in [5.74, 6) is 1.54. The number of hydrogen-bond acceptors (Lipinski definition) is 5. The van der Waals surface area contributed by atoms with E-state index in [1.807, 2.05) is 79.7 Å². The number of hydrogen-bond donors (Lipinski definition) is 1. The molecule has 3 aromatic rings. The molecule has 0 aliphatic carbocycles. The Labute approximate surface area is 198 Å². The van der Waals surface area contributed by atoms with Crippen LogP contribution in [0.2, 0.25) is 0 Å². The van der Waals surface area contributed by atoms with E-state index in [2.05, 4.69) is 5.32 Å². The molecule has 1 heterocycles. The largest absolute Gasteiger partial charge is 0.493 e. The number of methoxy groups -OCH3 is 1. The van der Waals surface area contributed by atoms with Gasteiger partial charge in [0.25, 0.3) is 5.91 Å². The maximum Gasteiger partial charge on any atom is 0.281 e. The second kappa shape index (κ2) is 10.2. The Morgan fingerprint density at radius 2 is 1.70 bits per heavy atom. The van der Waals surface area contributed by atoms with Gasteiger partial charge in [-0.1, -0.05) is 48.5 Å². The molecule has 1 amide bonds. The minimum Gasteiger partial charge on any atom is -0.493 e. The molecule has 0 aromatic heterocycles. The van der Waals surface area contributed by atoms with Gasteiger partial charge in [0.15, 0.2) is 16.6 Å². The standard InChI is InChI=1S/C26H24N2O4S/c1-3-31-22-12-8-7-11-21(22)28-25(29)20(27-26(28)33)15-19-13-14-23(24(16-19)30-2)32-17-18-9-5-4-6-10-18/h4-16H,3,17H2,1-2H3,(H,27,33)/b20-15+. The van der Waals surface area contributed by atoms with Crippen molar-refractivity contribution in [2.45, 2.75) is 13.5 Å². The van der Waals surface area contributed by atoms with Crippen LogP contribution in [0.4, 0.5) is 5.69 Å². The van der Waals surface area contributed by atoms with E-state index < -0.39 is 0 Å². The van der Waals surface area contributed by atoms with Crippen molar-refractivity contribution in [1.82, 2.24) is 5.32 Å². The van der Waals surface area contributed by atoms with Crippen LogP contribution in [0.25, 0.3) is 6.08 Å². The third-order valence-corrected chi connectivity index (χ3v) is 5.30. The SMILES string of the molecule is CCOc1ccccc1N1C(=O)/C(=C\c2ccc(OCc3ccccc3)c(OC)c2)NC1=S. The number of benzene rings is 3. The normalized spacial score (nSPS) is 14.4. The maximum absolute atomic E-state index is 13.2. The number of nitrogens with zero attached hydrogens (tertiary/aromatic N) is 1. The monoisotopic (exact) mass is 460 g/mol. The Morgan fingerprint density at radius 3 is 2.45 bits per heavy atom. The van der Waals surface area contributed by atoms with Crippen molar-refractivity contribution in [2.75, 3.05) is 18.6 Å². The zero-order chi connectivity index (χ0) is 23.2. The maximum atomic E-state index is 13.2. The summed E-state index contributed by atoms with van der Waals surface area (Å²) in [4.78, 5) is 14.6. The van der Waals surface area contributed by atoms with Gasteiger partial charge in [0, 0.05) is 0 Å². The van der Waals surface area contributed by atoms with Gasteiger partial charge in [-0.15, -0.1) is 0 Å². The third kappa shape index (κ3) is 4.99. The van der Waals surface area contributed by atoms with Gasteiger partial charge >= 0.3 is 0 Å². The number of thiocarbonyl (C=S) groups is 1. The van der Waals surface area contributed by atoms with E-state index in [4.69, 9.17) is 26.4 Å². The average molecular weight is 461 g/mol. The molecule has 0 bridgehead atoms. The van der Waals surface area contributed by atoms with Gasteiger partial charge in [0.2, 0.25) is 0 Å². The van der Waals surface area contributed by atoms with Crippen molar-refractivity contribution in [3.8, 4) is 17.2 Å². The van der Waals surface area contributed by atoms with Gasteiger partial charge in [-0.3, -0.25) is 4.79 Å². The molecule has 0 spiro atoms.